The monoisotopic (exact) mass is 1210 g/mol. The van der Waals surface area contributed by atoms with Crippen LogP contribution in [0.4, 0.5) is 4.79 Å². The van der Waals surface area contributed by atoms with Crippen LogP contribution in [0.5, 0.6) is 0 Å². The van der Waals surface area contributed by atoms with Crippen LogP contribution in [0.3, 0.4) is 0 Å². The molecule has 1 aliphatic rings. The minimum Gasteiger partial charge on any atom is -0.481 e. The molecule has 1 saturated heterocycles. The van der Waals surface area contributed by atoms with Crippen LogP contribution in [0, 0.1) is 0 Å². The summed E-state index contributed by atoms with van der Waals surface area (Å²) in [4.78, 5) is 79.6. The highest BCUT2D eigenvalue weighted by atomic mass is 35.6. The number of hydrogen-bond donors (Lipinski definition) is 5. The summed E-state index contributed by atoms with van der Waals surface area (Å²) in [5.74, 6) is -3.63. The smallest absolute Gasteiger partial charge is 0.407 e. The number of carboxylic acid groups (broad SMARTS) is 1. The van der Waals surface area contributed by atoms with Gasteiger partial charge in [-0.3, -0.25) is 24.0 Å². The Bertz CT molecular complexity index is 1640. The van der Waals surface area contributed by atoms with Crippen molar-refractivity contribution in [1.29, 1.82) is 0 Å². The van der Waals surface area contributed by atoms with Gasteiger partial charge < -0.3 is 54.4 Å². The van der Waals surface area contributed by atoms with Crippen molar-refractivity contribution in [3.05, 3.63) is 0 Å². The molecule has 0 bridgehead atoms. The van der Waals surface area contributed by atoms with Gasteiger partial charge in [-0.05, 0) is 38.5 Å². The summed E-state index contributed by atoms with van der Waals surface area (Å²) in [6, 6.07) is -2.83. The van der Waals surface area contributed by atoms with Crippen LogP contribution in [0.25, 0.3) is 0 Å². The molecular weight excluding hydrogens is 1110 g/mol. The number of ether oxygens (including phenoxy) is 6. The largest absolute Gasteiger partial charge is 0.481 e. The number of halogens is 3. The molecule has 1 heterocycles. The summed E-state index contributed by atoms with van der Waals surface area (Å²) < 4.78 is 32.8. The van der Waals surface area contributed by atoms with Gasteiger partial charge in [-0.1, -0.05) is 242 Å². The van der Waals surface area contributed by atoms with Crippen LogP contribution in [0.2, 0.25) is 0 Å². The highest BCUT2D eigenvalue weighted by Crippen LogP contribution is 2.29. The highest BCUT2D eigenvalue weighted by Gasteiger charge is 2.49. The maximum atomic E-state index is 14.0. The number of aliphatic hydroxyl groups is 2. The van der Waals surface area contributed by atoms with Crippen molar-refractivity contribution in [1.82, 2.24) is 10.6 Å². The minimum atomic E-state index is -2.03. The molecule has 2 amide bonds. The first-order valence-corrected chi connectivity index (χ1v) is 32.7. The van der Waals surface area contributed by atoms with E-state index in [1.807, 2.05) is 0 Å². The Morgan fingerprint density at radius 2 is 0.963 bits per heavy atom. The van der Waals surface area contributed by atoms with Crippen LogP contribution in [0.1, 0.15) is 278 Å². The van der Waals surface area contributed by atoms with Gasteiger partial charge in [-0.25, -0.2) is 4.79 Å². The number of esters is 3. The van der Waals surface area contributed by atoms with Crippen molar-refractivity contribution in [2.75, 3.05) is 19.8 Å². The van der Waals surface area contributed by atoms with Crippen molar-refractivity contribution < 1.29 is 72.5 Å². The third-order valence-electron chi connectivity index (χ3n) is 14.7. The quantitative estimate of drug-likeness (QED) is 0.0165. The number of unbranched alkanes of at least 4 members (excludes halogenated alkanes) is 28. The molecule has 0 aromatic carbocycles. The number of alkyl halides is 3. The molecule has 17 nitrogen and oxygen atoms in total. The highest BCUT2D eigenvalue weighted by molar-refractivity contribution is 6.67. The van der Waals surface area contributed by atoms with Gasteiger partial charge >= 0.3 is 30.0 Å². The van der Waals surface area contributed by atoms with Crippen molar-refractivity contribution in [2.24, 2.45) is 0 Å². The van der Waals surface area contributed by atoms with Gasteiger partial charge in [0, 0.05) is 12.8 Å². The Hall–Kier alpha value is -2.67. The minimum absolute atomic E-state index is 0.186. The second-order valence-corrected chi connectivity index (χ2v) is 24.9. The Labute approximate surface area is 502 Å². The molecule has 1 fully saturated rings. The van der Waals surface area contributed by atoms with E-state index in [0.717, 1.165) is 122 Å². The Kier molecular flexibility index (Phi) is 46.7. The number of carbonyl (C=O) groups is 6. The van der Waals surface area contributed by atoms with Gasteiger partial charge in [-0.2, -0.15) is 0 Å². The van der Waals surface area contributed by atoms with Crippen LogP contribution in [-0.4, -0.2) is 124 Å². The molecule has 5 N–H and O–H groups in total. The van der Waals surface area contributed by atoms with Crippen molar-refractivity contribution in [3.63, 3.8) is 0 Å². The summed E-state index contributed by atoms with van der Waals surface area (Å²) in [5.41, 5.74) is 0. The molecule has 0 aromatic rings. The molecule has 0 saturated carbocycles. The molecule has 0 unspecified atom stereocenters. The average Bonchev–Trinajstić information content (AvgIpc) is 3.42. The molecule has 0 aromatic heterocycles. The summed E-state index contributed by atoms with van der Waals surface area (Å²) in [5, 5.41) is 37.1. The van der Waals surface area contributed by atoms with Crippen LogP contribution in [0.15, 0.2) is 0 Å². The molecule has 20 heteroatoms. The SMILES string of the molecule is CCCCCCCCCCC[C@H](CC(=O)N[C@@H](CO[C@@H]1O[C@H](CO)[C@@H](O)[C@H](OC(=O)C[C@@H](CCCCCCCCCCC)OC(=O)CCCCCCCCC)[C@H]1NC(=O)OCC(Cl)(Cl)Cl)CC(=O)O)OC(=O)CCCCCCCCC. The predicted molar refractivity (Wildman–Crippen MR) is 318 cm³/mol. The fourth-order valence-electron chi connectivity index (χ4n) is 9.99. The van der Waals surface area contributed by atoms with Crippen molar-refractivity contribution in [3.8, 4) is 0 Å². The van der Waals surface area contributed by atoms with Gasteiger partial charge in [0.05, 0.1) is 38.5 Å². The van der Waals surface area contributed by atoms with Gasteiger partial charge in [0.25, 0.3) is 0 Å². The molecule has 0 radical (unpaired) electrons. The lowest BCUT2D eigenvalue weighted by Gasteiger charge is -2.43. The Morgan fingerprint density at radius 3 is 1.37 bits per heavy atom. The zero-order chi connectivity index (χ0) is 59.9. The number of aliphatic carboxylic acids is 1. The first-order chi connectivity index (χ1) is 39.0. The summed E-state index contributed by atoms with van der Waals surface area (Å²) >= 11 is 17.6. The summed E-state index contributed by atoms with van der Waals surface area (Å²) in [7, 11) is 0. The second kappa shape index (κ2) is 49.6. The van der Waals surface area contributed by atoms with Gasteiger partial charge in [0.15, 0.2) is 12.4 Å². The van der Waals surface area contributed by atoms with Gasteiger partial charge in [0.2, 0.25) is 9.70 Å². The van der Waals surface area contributed by atoms with E-state index >= 15 is 0 Å². The molecular formula is C61H109Cl3N2O15. The fraction of sp³-hybridized carbons (Fsp3) is 0.902. The van der Waals surface area contributed by atoms with E-state index in [4.69, 9.17) is 63.2 Å². The fourth-order valence-corrected chi connectivity index (χ4v) is 10.2. The van der Waals surface area contributed by atoms with Crippen LogP contribution < -0.4 is 10.6 Å². The lowest BCUT2D eigenvalue weighted by molar-refractivity contribution is -0.274. The Balaban J connectivity index is 3.33. The lowest BCUT2D eigenvalue weighted by atomic mass is 9.96. The number of carboxylic acids is 1. The molecule has 1 aliphatic heterocycles. The maximum absolute atomic E-state index is 14.0. The van der Waals surface area contributed by atoms with Crippen LogP contribution in [-0.2, 0) is 52.4 Å². The standard InChI is InChI=1S/C61H109Cl3N2O15/c1-5-9-13-17-21-23-27-29-33-37-48(78-53(71)39-35-31-25-19-15-11-7-3)42-51(68)65-47(41-52(69)70)45-76-59-56(66-60(75)77-46-61(62,63)64)58(57(74)50(44-67)80-59)81-55(73)43-49(38-34-30-28-24-22-18-14-10-6-2)79-54(72)40-36-32-26-20-16-12-8-4/h47-50,56-59,67,74H,5-46H2,1-4H3,(H,65,68)(H,66,75)(H,69,70)/t47-,48-,49-,50-,56-,57-,58-,59-/m1/s1. The van der Waals surface area contributed by atoms with E-state index in [1.165, 1.54) is 64.2 Å². The molecule has 8 atom stereocenters. The van der Waals surface area contributed by atoms with E-state index in [0.29, 0.717) is 32.1 Å². The molecule has 474 valence electrons. The third-order valence-corrected chi connectivity index (χ3v) is 15.0. The molecule has 0 aliphatic carbocycles. The number of hydrogen-bond acceptors (Lipinski definition) is 14. The molecule has 81 heavy (non-hydrogen) atoms. The maximum Gasteiger partial charge on any atom is 0.407 e. The summed E-state index contributed by atoms with van der Waals surface area (Å²) in [6.07, 6.45) is 24.0. The van der Waals surface area contributed by atoms with Gasteiger partial charge in [-0.15, -0.1) is 0 Å². The zero-order valence-corrected chi connectivity index (χ0v) is 52.5. The average molecular weight is 1220 g/mol. The number of amides is 2. The number of aliphatic hydroxyl groups excluding tert-OH is 2. The number of carbonyl (C=O) groups excluding carboxylic acids is 5. The first kappa shape index (κ1) is 76.3. The third kappa shape index (κ3) is 41.9. The first-order valence-electron chi connectivity index (χ1n) is 31.6. The van der Waals surface area contributed by atoms with E-state index < -0.39 is 121 Å². The van der Waals surface area contributed by atoms with Gasteiger partial charge in [0.1, 0.15) is 37.1 Å². The van der Waals surface area contributed by atoms with Crippen LogP contribution >= 0.6 is 34.8 Å². The summed E-state index contributed by atoms with van der Waals surface area (Å²) in [6.45, 7) is 6.59. The predicted octanol–water partition coefficient (Wildman–Crippen LogP) is 14.1. The van der Waals surface area contributed by atoms with Crippen molar-refractivity contribution in [2.45, 2.75) is 331 Å². The van der Waals surface area contributed by atoms with E-state index in [1.54, 1.807) is 0 Å². The second-order valence-electron chi connectivity index (χ2n) is 22.3. The van der Waals surface area contributed by atoms with E-state index in [9.17, 15) is 44.1 Å². The van der Waals surface area contributed by atoms with Crippen molar-refractivity contribution >= 4 is 70.7 Å². The zero-order valence-electron chi connectivity index (χ0n) is 50.2. The number of alkyl carbamates (subject to hydrolysis) is 1. The molecule has 1 rings (SSSR count). The lowest BCUT2D eigenvalue weighted by Crippen LogP contribution is -2.66. The number of nitrogens with one attached hydrogen (secondary N) is 2. The number of rotatable bonds is 52. The van der Waals surface area contributed by atoms with E-state index in [2.05, 4.69) is 38.3 Å². The molecule has 0 spiro atoms. The normalized spacial score (nSPS) is 18.4. The van der Waals surface area contributed by atoms with E-state index in [-0.39, 0.29) is 19.3 Å². The Morgan fingerprint density at radius 1 is 0.556 bits per heavy atom. The topological polar surface area (TPSA) is 243 Å².